The number of aromatic nitrogens is 7. The minimum absolute atomic E-state index is 0.112. The van der Waals surface area contributed by atoms with E-state index in [1.165, 1.54) is 6.33 Å². The van der Waals surface area contributed by atoms with Gasteiger partial charge >= 0.3 is 0 Å². The van der Waals surface area contributed by atoms with E-state index in [9.17, 15) is 4.79 Å². The minimum atomic E-state index is -0.283. The smallest absolute Gasteiger partial charge is 0.251 e. The van der Waals surface area contributed by atoms with Gasteiger partial charge in [-0.3, -0.25) is 9.78 Å². The van der Waals surface area contributed by atoms with Crippen LogP contribution in [0.5, 0.6) is 0 Å². The summed E-state index contributed by atoms with van der Waals surface area (Å²) in [4.78, 5) is 25.8. The van der Waals surface area contributed by atoms with E-state index in [-0.39, 0.29) is 17.9 Å². The summed E-state index contributed by atoms with van der Waals surface area (Å²) >= 11 is 0. The van der Waals surface area contributed by atoms with E-state index < -0.39 is 0 Å². The molecule has 0 saturated heterocycles. The fraction of sp³-hybridized carbons (Fsp3) is 0.261. The highest BCUT2D eigenvalue weighted by Crippen LogP contribution is 2.25. The largest absolute Gasteiger partial charge is 0.344 e. The lowest BCUT2D eigenvalue weighted by atomic mass is 10.0. The Kier molecular flexibility index (Phi) is 5.98. The number of carbonyl (C=O) groups is 1. The number of nitrogens with one attached hydrogen (secondary N) is 1. The Balaban J connectivity index is 1.75. The molecular formula is C23H24N8O. The van der Waals surface area contributed by atoms with Crippen molar-refractivity contribution in [2.75, 3.05) is 0 Å². The second kappa shape index (κ2) is 9.01. The summed E-state index contributed by atoms with van der Waals surface area (Å²) in [5.41, 5.74) is 4.52. The number of aryl methyl sites for hydroxylation is 1. The van der Waals surface area contributed by atoms with Gasteiger partial charge in [-0.15, -0.1) is 5.10 Å². The first-order valence-electron chi connectivity index (χ1n) is 10.4. The van der Waals surface area contributed by atoms with E-state index >= 15 is 0 Å². The number of carbonyl (C=O) groups excluding carboxylic acids is 1. The van der Waals surface area contributed by atoms with Crippen molar-refractivity contribution in [3.63, 3.8) is 0 Å². The van der Waals surface area contributed by atoms with Crippen molar-refractivity contribution in [3.8, 4) is 16.9 Å². The molecule has 1 amide bonds. The number of hydrogen-bond donors (Lipinski definition) is 1. The molecule has 32 heavy (non-hydrogen) atoms. The molecule has 0 radical (unpaired) electrons. The third-order valence-corrected chi connectivity index (χ3v) is 5.04. The van der Waals surface area contributed by atoms with Crippen LogP contribution in [0.4, 0.5) is 0 Å². The van der Waals surface area contributed by atoms with Gasteiger partial charge in [-0.05, 0) is 60.2 Å². The van der Waals surface area contributed by atoms with E-state index in [4.69, 9.17) is 0 Å². The third-order valence-electron chi connectivity index (χ3n) is 5.04. The van der Waals surface area contributed by atoms with Crippen LogP contribution in [0.1, 0.15) is 60.2 Å². The zero-order valence-corrected chi connectivity index (χ0v) is 18.4. The standard InChI is InChI=1S/C23H24N8O/c1-14(2)22-28-29-30-31(22)19-10-17(21-6-5-15(3)12-25-21)9-18(11-19)23(32)27-16(4)20-7-8-24-13-26-20/h5-14,16H,1-4H3,(H,27,32). The van der Waals surface area contributed by atoms with E-state index in [1.807, 2.05) is 52.0 Å². The summed E-state index contributed by atoms with van der Waals surface area (Å²) in [6.45, 7) is 7.90. The molecule has 0 aliphatic heterocycles. The molecule has 1 aromatic carbocycles. The zero-order chi connectivity index (χ0) is 22.7. The first-order valence-corrected chi connectivity index (χ1v) is 10.4. The normalized spacial score (nSPS) is 12.0. The number of pyridine rings is 1. The van der Waals surface area contributed by atoms with Gasteiger partial charge in [0.1, 0.15) is 6.33 Å². The van der Waals surface area contributed by atoms with Crippen molar-refractivity contribution in [3.05, 3.63) is 77.8 Å². The monoisotopic (exact) mass is 428 g/mol. The molecule has 0 fully saturated rings. The quantitative estimate of drug-likeness (QED) is 0.501. The predicted octanol–water partition coefficient (Wildman–Crippen LogP) is 3.44. The summed E-state index contributed by atoms with van der Waals surface area (Å²) in [5, 5.41) is 15.1. The van der Waals surface area contributed by atoms with Crippen LogP contribution in [0, 0.1) is 6.92 Å². The van der Waals surface area contributed by atoms with Crippen LogP contribution in [0.3, 0.4) is 0 Å². The molecule has 9 nitrogen and oxygen atoms in total. The molecule has 3 heterocycles. The topological polar surface area (TPSA) is 111 Å². The molecule has 4 aromatic rings. The molecule has 162 valence electrons. The van der Waals surface area contributed by atoms with Crippen molar-refractivity contribution in [1.29, 1.82) is 0 Å². The van der Waals surface area contributed by atoms with Crippen molar-refractivity contribution in [2.24, 2.45) is 0 Å². The van der Waals surface area contributed by atoms with Crippen molar-refractivity contribution in [1.82, 2.24) is 40.5 Å². The molecule has 4 rings (SSSR count). The van der Waals surface area contributed by atoms with Gasteiger partial charge in [0, 0.05) is 29.4 Å². The molecule has 0 spiro atoms. The van der Waals surface area contributed by atoms with Gasteiger partial charge in [-0.2, -0.15) is 4.68 Å². The highest BCUT2D eigenvalue weighted by molar-refractivity contribution is 5.96. The van der Waals surface area contributed by atoms with Crippen LogP contribution >= 0.6 is 0 Å². The Morgan fingerprint density at radius 1 is 1.06 bits per heavy atom. The highest BCUT2D eigenvalue weighted by atomic mass is 16.1. The zero-order valence-electron chi connectivity index (χ0n) is 18.4. The average Bonchev–Trinajstić information content (AvgIpc) is 3.30. The van der Waals surface area contributed by atoms with Crippen molar-refractivity contribution >= 4 is 5.91 Å². The minimum Gasteiger partial charge on any atom is -0.344 e. The molecule has 1 unspecified atom stereocenters. The fourth-order valence-corrected chi connectivity index (χ4v) is 3.30. The molecule has 0 bridgehead atoms. The lowest BCUT2D eigenvalue weighted by Gasteiger charge is -2.15. The van der Waals surface area contributed by atoms with E-state index in [1.54, 1.807) is 29.2 Å². The van der Waals surface area contributed by atoms with Gasteiger partial charge in [0.05, 0.1) is 23.1 Å². The maximum absolute atomic E-state index is 13.2. The van der Waals surface area contributed by atoms with Gasteiger partial charge in [-0.25, -0.2) is 9.97 Å². The average molecular weight is 429 g/mol. The van der Waals surface area contributed by atoms with E-state index in [2.05, 4.69) is 35.8 Å². The fourth-order valence-electron chi connectivity index (χ4n) is 3.30. The van der Waals surface area contributed by atoms with Crippen LogP contribution in [0.25, 0.3) is 16.9 Å². The molecule has 9 heteroatoms. The molecule has 0 saturated carbocycles. The first-order chi connectivity index (χ1) is 15.4. The molecule has 0 aliphatic rings. The lowest BCUT2D eigenvalue weighted by Crippen LogP contribution is -2.27. The molecule has 1 N–H and O–H groups in total. The molecule has 3 aromatic heterocycles. The van der Waals surface area contributed by atoms with Crippen molar-refractivity contribution in [2.45, 2.75) is 39.7 Å². The Hall–Kier alpha value is -4.01. The van der Waals surface area contributed by atoms with E-state index in [0.29, 0.717) is 17.1 Å². The van der Waals surface area contributed by atoms with Crippen LogP contribution in [-0.2, 0) is 0 Å². The van der Waals surface area contributed by atoms with Crippen LogP contribution in [0.2, 0.25) is 0 Å². The van der Waals surface area contributed by atoms with Gasteiger partial charge in [0.15, 0.2) is 5.82 Å². The Morgan fingerprint density at radius 3 is 2.59 bits per heavy atom. The summed E-state index contributed by atoms with van der Waals surface area (Å²) < 4.78 is 1.66. The SMILES string of the molecule is Cc1ccc(-c2cc(C(=O)NC(C)c3ccncn3)cc(-n3nnnc3C(C)C)c2)nc1. The Morgan fingerprint density at radius 2 is 1.91 bits per heavy atom. The second-order valence-electron chi connectivity index (χ2n) is 7.92. The third kappa shape index (κ3) is 4.51. The maximum Gasteiger partial charge on any atom is 0.251 e. The number of amides is 1. The molecule has 0 aliphatic carbocycles. The first kappa shape index (κ1) is 21.2. The lowest BCUT2D eigenvalue weighted by molar-refractivity contribution is 0.0939. The number of tetrazole rings is 1. The summed E-state index contributed by atoms with van der Waals surface area (Å²) in [7, 11) is 0. The van der Waals surface area contributed by atoms with Crippen LogP contribution < -0.4 is 5.32 Å². The highest BCUT2D eigenvalue weighted by Gasteiger charge is 2.18. The number of hydrogen-bond acceptors (Lipinski definition) is 7. The van der Waals surface area contributed by atoms with Crippen LogP contribution in [0.15, 0.2) is 55.1 Å². The number of nitrogens with zero attached hydrogens (tertiary/aromatic N) is 7. The van der Waals surface area contributed by atoms with E-state index in [0.717, 1.165) is 22.5 Å². The van der Waals surface area contributed by atoms with Gasteiger partial charge in [-0.1, -0.05) is 19.9 Å². The summed E-state index contributed by atoms with van der Waals surface area (Å²) in [6.07, 6.45) is 4.92. The van der Waals surface area contributed by atoms with Gasteiger partial charge in [0.2, 0.25) is 0 Å². The van der Waals surface area contributed by atoms with Crippen molar-refractivity contribution < 1.29 is 4.79 Å². The summed E-state index contributed by atoms with van der Waals surface area (Å²) in [6, 6.07) is 11.0. The number of benzene rings is 1. The maximum atomic E-state index is 13.2. The Labute approximate surface area is 186 Å². The molecular weight excluding hydrogens is 404 g/mol. The summed E-state index contributed by atoms with van der Waals surface area (Å²) in [5.74, 6) is 0.589. The van der Waals surface area contributed by atoms with Gasteiger partial charge < -0.3 is 5.32 Å². The second-order valence-corrected chi connectivity index (χ2v) is 7.92. The van der Waals surface area contributed by atoms with Crippen LogP contribution in [-0.4, -0.2) is 41.1 Å². The van der Waals surface area contributed by atoms with Gasteiger partial charge in [0.25, 0.3) is 5.91 Å². The number of rotatable bonds is 6. The Bertz CT molecular complexity index is 1220. The predicted molar refractivity (Wildman–Crippen MR) is 119 cm³/mol. The molecule has 1 atom stereocenters.